The third-order valence-electron chi connectivity index (χ3n) is 5.51. The molecule has 0 radical (unpaired) electrons. The van der Waals surface area contributed by atoms with Crippen molar-refractivity contribution in [1.82, 2.24) is 19.7 Å². The van der Waals surface area contributed by atoms with Gasteiger partial charge < -0.3 is 14.9 Å². The first-order valence-electron chi connectivity index (χ1n) is 10.1. The molecule has 1 aliphatic rings. The summed E-state index contributed by atoms with van der Waals surface area (Å²) in [5.74, 6) is 6.47. The maximum Gasteiger partial charge on any atom is 0.131 e. The molecule has 0 saturated carbocycles. The topological polar surface area (TPSA) is 57.4 Å². The summed E-state index contributed by atoms with van der Waals surface area (Å²) >= 11 is 6.17. The number of nitrogens with zero attached hydrogens (tertiary/aromatic N) is 5. The molecule has 0 amide bonds. The number of rotatable bonds is 6. The van der Waals surface area contributed by atoms with Crippen molar-refractivity contribution in [2.24, 2.45) is 5.41 Å². The van der Waals surface area contributed by atoms with Gasteiger partial charge in [0.25, 0.3) is 0 Å². The monoisotopic (exact) mass is 415 g/mol. The molecule has 0 spiro atoms. The van der Waals surface area contributed by atoms with Gasteiger partial charge in [0, 0.05) is 44.7 Å². The van der Waals surface area contributed by atoms with Gasteiger partial charge in [-0.05, 0) is 45.3 Å². The van der Waals surface area contributed by atoms with Crippen LogP contribution in [0.2, 0.25) is 5.15 Å². The molecule has 0 unspecified atom stereocenters. The van der Waals surface area contributed by atoms with E-state index in [0.717, 1.165) is 62.3 Å². The number of pyridine rings is 1. The van der Waals surface area contributed by atoms with Crippen LogP contribution in [-0.4, -0.2) is 65.1 Å². The normalized spacial score (nSPS) is 16.0. The lowest BCUT2D eigenvalue weighted by molar-refractivity contribution is 0.115. The number of hydrogen-bond acceptors (Lipinski definition) is 5. The molecule has 2 aromatic rings. The van der Waals surface area contributed by atoms with E-state index in [-0.39, 0.29) is 12.0 Å². The number of aliphatic hydroxyl groups excluding tert-OH is 1. The Bertz CT molecular complexity index is 875. The van der Waals surface area contributed by atoms with E-state index in [4.69, 9.17) is 11.6 Å². The zero-order valence-electron chi connectivity index (χ0n) is 17.5. The SMILES string of the molecule is CN(C)CCCn1cc(C#Cc2cnc(Cl)cc2N2CCC(C)(CO)CC2)cn1. The number of aliphatic hydroxyl groups is 1. The Labute approximate surface area is 178 Å². The van der Waals surface area contributed by atoms with Gasteiger partial charge in [-0.15, -0.1) is 0 Å². The van der Waals surface area contributed by atoms with Gasteiger partial charge in [-0.3, -0.25) is 4.68 Å². The van der Waals surface area contributed by atoms with Crippen molar-refractivity contribution in [3.63, 3.8) is 0 Å². The fourth-order valence-electron chi connectivity index (χ4n) is 3.46. The summed E-state index contributed by atoms with van der Waals surface area (Å²) in [5, 5.41) is 14.5. The molecule has 3 heterocycles. The van der Waals surface area contributed by atoms with Crippen molar-refractivity contribution in [2.45, 2.75) is 32.7 Å². The van der Waals surface area contributed by atoms with Crippen molar-refractivity contribution in [2.75, 3.05) is 45.2 Å². The molecule has 0 aliphatic carbocycles. The van der Waals surface area contributed by atoms with E-state index in [1.165, 1.54) is 0 Å². The van der Waals surface area contributed by atoms with Crippen LogP contribution in [-0.2, 0) is 6.54 Å². The van der Waals surface area contributed by atoms with Crippen LogP contribution in [0.4, 0.5) is 5.69 Å². The van der Waals surface area contributed by atoms with Gasteiger partial charge in [-0.1, -0.05) is 30.4 Å². The smallest absolute Gasteiger partial charge is 0.131 e. The molecule has 1 fully saturated rings. The third-order valence-corrected chi connectivity index (χ3v) is 5.72. The Balaban J connectivity index is 1.72. The molecule has 1 saturated heterocycles. The first-order chi connectivity index (χ1) is 13.9. The van der Waals surface area contributed by atoms with Gasteiger partial charge in [0.2, 0.25) is 0 Å². The highest BCUT2D eigenvalue weighted by Crippen LogP contribution is 2.34. The molecule has 3 rings (SSSR count). The van der Waals surface area contributed by atoms with E-state index in [0.29, 0.717) is 5.15 Å². The minimum Gasteiger partial charge on any atom is -0.396 e. The molecule has 2 aromatic heterocycles. The fourth-order valence-corrected chi connectivity index (χ4v) is 3.61. The van der Waals surface area contributed by atoms with Crippen molar-refractivity contribution >= 4 is 17.3 Å². The van der Waals surface area contributed by atoms with E-state index in [1.54, 1.807) is 12.4 Å². The van der Waals surface area contributed by atoms with Crippen molar-refractivity contribution in [3.05, 3.63) is 40.9 Å². The molecule has 0 aromatic carbocycles. The average molecular weight is 416 g/mol. The van der Waals surface area contributed by atoms with Crippen LogP contribution < -0.4 is 4.90 Å². The lowest BCUT2D eigenvalue weighted by Gasteiger charge is -2.39. The van der Waals surface area contributed by atoms with Crippen LogP contribution in [0.1, 0.15) is 37.3 Å². The van der Waals surface area contributed by atoms with Gasteiger partial charge in [0.05, 0.1) is 23.0 Å². The molecule has 6 nitrogen and oxygen atoms in total. The first kappa shape index (κ1) is 21.6. The molecule has 7 heteroatoms. The van der Waals surface area contributed by atoms with Gasteiger partial charge >= 0.3 is 0 Å². The third kappa shape index (κ3) is 5.96. The maximum atomic E-state index is 9.62. The summed E-state index contributed by atoms with van der Waals surface area (Å²) in [5.41, 5.74) is 2.76. The Morgan fingerprint density at radius 1 is 1.24 bits per heavy atom. The molecule has 0 atom stereocenters. The summed E-state index contributed by atoms with van der Waals surface area (Å²) in [4.78, 5) is 8.69. The lowest BCUT2D eigenvalue weighted by atomic mass is 9.81. The molecule has 29 heavy (non-hydrogen) atoms. The highest BCUT2D eigenvalue weighted by molar-refractivity contribution is 6.29. The average Bonchev–Trinajstić information content (AvgIpc) is 3.15. The van der Waals surface area contributed by atoms with Crippen molar-refractivity contribution in [3.8, 4) is 11.8 Å². The molecule has 1 N–H and O–H groups in total. The molecular weight excluding hydrogens is 386 g/mol. The van der Waals surface area contributed by atoms with Crippen molar-refractivity contribution < 1.29 is 5.11 Å². The van der Waals surface area contributed by atoms with Crippen LogP contribution in [0.25, 0.3) is 0 Å². The largest absolute Gasteiger partial charge is 0.396 e. The van der Waals surface area contributed by atoms with E-state index in [2.05, 4.69) is 52.7 Å². The summed E-state index contributed by atoms with van der Waals surface area (Å²) in [6.45, 7) is 6.02. The second-order valence-electron chi connectivity index (χ2n) is 8.38. The van der Waals surface area contributed by atoms with Crippen LogP contribution in [0.5, 0.6) is 0 Å². The quantitative estimate of drug-likeness (QED) is 0.580. The number of halogens is 1. The summed E-state index contributed by atoms with van der Waals surface area (Å²) < 4.78 is 1.94. The van der Waals surface area contributed by atoms with Crippen LogP contribution >= 0.6 is 11.6 Å². The maximum absolute atomic E-state index is 9.62. The van der Waals surface area contributed by atoms with E-state index in [9.17, 15) is 5.11 Å². The molecule has 0 bridgehead atoms. The summed E-state index contributed by atoms with van der Waals surface area (Å²) in [6, 6.07) is 1.89. The molecule has 156 valence electrons. The second kappa shape index (κ2) is 9.62. The lowest BCUT2D eigenvalue weighted by Crippen LogP contribution is -2.40. The summed E-state index contributed by atoms with van der Waals surface area (Å²) in [7, 11) is 4.15. The van der Waals surface area contributed by atoms with E-state index in [1.807, 2.05) is 16.9 Å². The second-order valence-corrected chi connectivity index (χ2v) is 8.77. The Morgan fingerprint density at radius 3 is 2.69 bits per heavy atom. The first-order valence-corrected chi connectivity index (χ1v) is 10.5. The highest BCUT2D eigenvalue weighted by Gasteiger charge is 2.30. The zero-order chi connectivity index (χ0) is 20.9. The predicted octanol–water partition coefficient (Wildman–Crippen LogP) is 2.88. The Morgan fingerprint density at radius 2 is 2.00 bits per heavy atom. The number of anilines is 1. The zero-order valence-corrected chi connectivity index (χ0v) is 18.3. The van der Waals surface area contributed by atoms with Gasteiger partial charge in [0.1, 0.15) is 5.15 Å². The van der Waals surface area contributed by atoms with E-state index < -0.39 is 0 Å². The van der Waals surface area contributed by atoms with Crippen molar-refractivity contribution in [1.29, 1.82) is 0 Å². The molecule has 1 aliphatic heterocycles. The Kier molecular flexibility index (Phi) is 7.18. The Hall–Kier alpha value is -2.07. The predicted molar refractivity (Wildman–Crippen MR) is 117 cm³/mol. The number of aryl methyl sites for hydroxylation is 1. The summed E-state index contributed by atoms with van der Waals surface area (Å²) in [6.07, 6.45) is 8.46. The standard InChI is InChI=1S/C22H30ClN5O/c1-22(17-29)7-11-27(12-8-22)20-13-21(23)24-15-19(20)6-5-18-14-25-28(16-18)10-4-9-26(2)3/h13-16,29H,4,7-12,17H2,1-3H3. The number of hydrogen-bond donors (Lipinski definition) is 1. The van der Waals surface area contributed by atoms with Gasteiger partial charge in [-0.25, -0.2) is 4.98 Å². The van der Waals surface area contributed by atoms with Crippen LogP contribution in [0, 0.1) is 17.3 Å². The van der Waals surface area contributed by atoms with Gasteiger partial charge in [0.15, 0.2) is 0 Å². The molecular formula is C22H30ClN5O. The number of aromatic nitrogens is 3. The van der Waals surface area contributed by atoms with Crippen LogP contribution in [0.3, 0.4) is 0 Å². The van der Waals surface area contributed by atoms with Crippen LogP contribution in [0.15, 0.2) is 24.7 Å². The minimum atomic E-state index is 0.000329. The minimum absolute atomic E-state index is 0.000329. The number of piperidine rings is 1. The fraction of sp³-hybridized carbons (Fsp3) is 0.545. The van der Waals surface area contributed by atoms with E-state index >= 15 is 0 Å². The highest BCUT2D eigenvalue weighted by atomic mass is 35.5. The van der Waals surface area contributed by atoms with Gasteiger partial charge in [-0.2, -0.15) is 5.10 Å².